The summed E-state index contributed by atoms with van der Waals surface area (Å²) in [7, 11) is -0.645. The van der Waals surface area contributed by atoms with Crippen molar-refractivity contribution in [2.24, 2.45) is 5.73 Å². The molecule has 1 heterocycles. The maximum absolute atomic E-state index is 11.5. The first-order valence-electron chi connectivity index (χ1n) is 6.72. The highest BCUT2D eigenvalue weighted by Gasteiger charge is 2.28. The number of rotatable bonds is 4. The van der Waals surface area contributed by atoms with Crippen LogP contribution in [0.2, 0.25) is 0 Å². The maximum Gasteiger partial charge on any atom is 0.0500 e. The highest BCUT2D eigenvalue weighted by molar-refractivity contribution is 9.10. The molecule has 106 valence electrons. The van der Waals surface area contributed by atoms with Crippen LogP contribution in [-0.2, 0) is 10.8 Å². The van der Waals surface area contributed by atoms with Crippen LogP contribution in [-0.4, -0.2) is 39.7 Å². The molecule has 0 spiro atoms. The molecule has 0 bridgehead atoms. The van der Waals surface area contributed by atoms with Gasteiger partial charge in [-0.25, -0.2) is 0 Å². The first-order valence-corrected chi connectivity index (χ1v) is 9.00. The number of halogens is 1. The predicted octanol–water partition coefficient (Wildman–Crippen LogP) is 2.29. The van der Waals surface area contributed by atoms with Crippen LogP contribution in [0.4, 0.5) is 0 Å². The monoisotopic (exact) mass is 344 g/mol. The largest absolute Gasteiger partial charge is 0.326 e. The van der Waals surface area contributed by atoms with E-state index in [2.05, 4.69) is 46.0 Å². The first kappa shape index (κ1) is 15.2. The molecule has 2 rings (SSSR count). The van der Waals surface area contributed by atoms with Crippen molar-refractivity contribution >= 4 is 26.7 Å². The summed E-state index contributed by atoms with van der Waals surface area (Å²) in [5, 5.41) is 0. The van der Waals surface area contributed by atoms with Gasteiger partial charge in [-0.1, -0.05) is 35.0 Å². The molecule has 3 nitrogen and oxygen atoms in total. The fraction of sp³-hybridized carbons (Fsp3) is 0.571. The average Bonchev–Trinajstić information content (AvgIpc) is 2.41. The normalized spacial score (nSPS) is 21.2. The summed E-state index contributed by atoms with van der Waals surface area (Å²) in [4.78, 5) is 2.39. The Balaban J connectivity index is 2.23. The Hall–Kier alpha value is -0.230. The van der Waals surface area contributed by atoms with Gasteiger partial charge in [-0.3, -0.25) is 9.11 Å². The Labute approximate surface area is 126 Å². The lowest BCUT2D eigenvalue weighted by Crippen LogP contribution is -2.46. The summed E-state index contributed by atoms with van der Waals surface area (Å²) in [6.07, 6.45) is 0.941. The number of hydrogen-bond acceptors (Lipinski definition) is 3. The molecule has 2 atom stereocenters. The zero-order chi connectivity index (χ0) is 13.8. The van der Waals surface area contributed by atoms with Gasteiger partial charge in [0.1, 0.15) is 0 Å². The maximum atomic E-state index is 11.5. The van der Waals surface area contributed by atoms with Gasteiger partial charge < -0.3 is 5.73 Å². The van der Waals surface area contributed by atoms with Crippen LogP contribution >= 0.6 is 15.9 Å². The van der Waals surface area contributed by atoms with Crippen LogP contribution in [0.1, 0.15) is 24.9 Å². The molecule has 5 heteroatoms. The summed E-state index contributed by atoms with van der Waals surface area (Å²) in [5.74, 6) is 1.53. The third-order valence-corrected chi connectivity index (χ3v) is 5.44. The first-order chi connectivity index (χ1) is 9.11. The number of benzene rings is 1. The number of nitrogens with zero attached hydrogens (tertiary/aromatic N) is 1. The zero-order valence-electron chi connectivity index (χ0n) is 11.2. The van der Waals surface area contributed by atoms with E-state index in [-0.39, 0.29) is 12.1 Å². The molecule has 0 saturated carbocycles. The average molecular weight is 345 g/mol. The van der Waals surface area contributed by atoms with Crippen LogP contribution in [0.5, 0.6) is 0 Å². The van der Waals surface area contributed by atoms with Crippen LogP contribution in [0.3, 0.4) is 0 Å². The highest BCUT2D eigenvalue weighted by atomic mass is 79.9. The smallest absolute Gasteiger partial charge is 0.0500 e. The molecular formula is C14H21BrN2OS. The lowest BCUT2D eigenvalue weighted by Gasteiger charge is -2.37. The zero-order valence-corrected chi connectivity index (χ0v) is 13.6. The SMILES string of the molecule is CCC(N)C(c1cccc(Br)c1)N1CCS(=O)CC1. The molecule has 2 unspecified atom stereocenters. The molecule has 19 heavy (non-hydrogen) atoms. The fourth-order valence-corrected chi connectivity index (χ4v) is 4.07. The molecule has 1 aliphatic heterocycles. The van der Waals surface area contributed by atoms with Gasteiger partial charge in [-0.2, -0.15) is 0 Å². The molecule has 0 aliphatic carbocycles. The van der Waals surface area contributed by atoms with Gasteiger partial charge in [0.05, 0.1) is 0 Å². The van der Waals surface area contributed by atoms with E-state index in [0.717, 1.165) is 35.5 Å². The topological polar surface area (TPSA) is 46.3 Å². The molecule has 0 aromatic heterocycles. The van der Waals surface area contributed by atoms with Crippen molar-refractivity contribution in [3.8, 4) is 0 Å². The van der Waals surface area contributed by atoms with E-state index >= 15 is 0 Å². The number of hydrogen-bond donors (Lipinski definition) is 1. The van der Waals surface area contributed by atoms with Gasteiger partial charge in [0.15, 0.2) is 0 Å². The van der Waals surface area contributed by atoms with E-state index in [1.54, 1.807) is 0 Å². The Morgan fingerprint density at radius 2 is 2.11 bits per heavy atom. The van der Waals surface area contributed by atoms with Crippen molar-refractivity contribution in [3.63, 3.8) is 0 Å². The number of nitrogens with two attached hydrogens (primary N) is 1. The fourth-order valence-electron chi connectivity index (χ4n) is 2.57. The van der Waals surface area contributed by atoms with Gasteiger partial charge in [0.25, 0.3) is 0 Å². The van der Waals surface area contributed by atoms with E-state index in [4.69, 9.17) is 5.73 Å². The predicted molar refractivity (Wildman–Crippen MR) is 84.6 cm³/mol. The van der Waals surface area contributed by atoms with Crippen LogP contribution < -0.4 is 5.73 Å². The summed E-state index contributed by atoms with van der Waals surface area (Å²) >= 11 is 3.53. The summed E-state index contributed by atoms with van der Waals surface area (Å²) < 4.78 is 12.6. The van der Waals surface area contributed by atoms with Crippen LogP contribution in [0, 0.1) is 0 Å². The molecular weight excluding hydrogens is 324 g/mol. The molecule has 1 aromatic rings. The standard InChI is InChI=1S/C14H21BrN2OS/c1-2-13(16)14(11-4-3-5-12(15)10-11)17-6-8-19(18)9-7-17/h3-5,10,13-14H,2,6-9,16H2,1H3. The highest BCUT2D eigenvalue weighted by Crippen LogP contribution is 2.28. The van der Waals surface area contributed by atoms with Gasteiger partial charge in [0, 0.05) is 52.0 Å². The van der Waals surface area contributed by atoms with Crippen LogP contribution in [0.25, 0.3) is 0 Å². The third-order valence-electron chi connectivity index (χ3n) is 3.67. The van der Waals surface area contributed by atoms with Crippen molar-refractivity contribution < 1.29 is 4.21 Å². The second-order valence-electron chi connectivity index (χ2n) is 4.96. The van der Waals surface area contributed by atoms with Gasteiger partial charge >= 0.3 is 0 Å². The Kier molecular flexibility index (Phi) is 5.57. The van der Waals surface area contributed by atoms with Crippen molar-refractivity contribution in [1.82, 2.24) is 4.90 Å². The van der Waals surface area contributed by atoms with Gasteiger partial charge in [-0.05, 0) is 24.1 Å². The summed E-state index contributed by atoms with van der Waals surface area (Å²) in [5.41, 5.74) is 7.58. The van der Waals surface area contributed by atoms with Gasteiger partial charge in [0.2, 0.25) is 0 Å². The van der Waals surface area contributed by atoms with E-state index < -0.39 is 10.8 Å². The Bertz CT molecular complexity index is 445. The third kappa shape index (κ3) is 3.88. The summed E-state index contributed by atoms with van der Waals surface area (Å²) in [6, 6.07) is 8.70. The Morgan fingerprint density at radius 3 is 2.68 bits per heavy atom. The van der Waals surface area contributed by atoms with E-state index in [1.165, 1.54) is 5.56 Å². The lowest BCUT2D eigenvalue weighted by molar-refractivity contribution is 0.185. The van der Waals surface area contributed by atoms with Crippen molar-refractivity contribution in [2.45, 2.75) is 25.4 Å². The minimum absolute atomic E-state index is 0.112. The quantitative estimate of drug-likeness (QED) is 0.911. The molecule has 0 radical (unpaired) electrons. The Morgan fingerprint density at radius 1 is 1.42 bits per heavy atom. The van der Waals surface area contributed by atoms with Gasteiger partial charge in [-0.15, -0.1) is 0 Å². The van der Waals surface area contributed by atoms with E-state index in [9.17, 15) is 4.21 Å². The molecule has 1 fully saturated rings. The molecule has 1 aliphatic rings. The summed E-state index contributed by atoms with van der Waals surface area (Å²) in [6.45, 7) is 3.87. The minimum Gasteiger partial charge on any atom is -0.326 e. The molecule has 2 N–H and O–H groups in total. The second kappa shape index (κ2) is 6.97. The van der Waals surface area contributed by atoms with E-state index in [1.807, 2.05) is 6.07 Å². The van der Waals surface area contributed by atoms with Crippen molar-refractivity contribution in [1.29, 1.82) is 0 Å². The van der Waals surface area contributed by atoms with Crippen molar-refractivity contribution in [2.75, 3.05) is 24.6 Å². The second-order valence-corrected chi connectivity index (χ2v) is 7.57. The lowest BCUT2D eigenvalue weighted by atomic mass is 9.96. The molecule has 0 amide bonds. The van der Waals surface area contributed by atoms with Crippen molar-refractivity contribution in [3.05, 3.63) is 34.3 Å². The van der Waals surface area contributed by atoms with Crippen LogP contribution in [0.15, 0.2) is 28.7 Å². The minimum atomic E-state index is -0.645. The molecule has 1 aromatic carbocycles. The molecule has 1 saturated heterocycles. The van der Waals surface area contributed by atoms with E-state index in [0.29, 0.717) is 0 Å².